The Morgan fingerprint density at radius 2 is 1.80 bits per heavy atom. The molecule has 7 nitrogen and oxygen atoms in total. The first kappa shape index (κ1) is 20.1. The topological polar surface area (TPSA) is 88.4 Å². The molecule has 2 heterocycles. The van der Waals surface area contributed by atoms with Gasteiger partial charge in [-0.05, 0) is 36.2 Å². The number of amides is 2. The lowest BCUT2D eigenvalue weighted by Gasteiger charge is -2.04. The van der Waals surface area contributed by atoms with Gasteiger partial charge < -0.3 is 5.32 Å². The SMILES string of the molecule is CC(=O)Nc1ccc(-c2csc3nc(NC(=O)CCc4ccc(Cl)cc4)nn23)cc1. The molecule has 0 atom stereocenters. The molecule has 0 unspecified atom stereocenters. The van der Waals surface area contributed by atoms with Gasteiger partial charge in [-0.2, -0.15) is 4.98 Å². The fourth-order valence-electron chi connectivity index (χ4n) is 2.96. The first-order valence-electron chi connectivity index (χ1n) is 9.24. The Labute approximate surface area is 181 Å². The standard InChI is InChI=1S/C21H18ClN5O2S/c1-13(28)23-17-9-5-15(6-10-17)18-12-30-21-25-20(26-27(18)21)24-19(29)11-4-14-2-7-16(22)8-3-14/h2-3,5-10,12H,4,11H2,1H3,(H,23,28)(H,24,26,29). The van der Waals surface area contributed by atoms with E-state index in [2.05, 4.69) is 20.7 Å². The second kappa shape index (κ2) is 8.64. The summed E-state index contributed by atoms with van der Waals surface area (Å²) in [5.41, 5.74) is 3.56. The quantitative estimate of drug-likeness (QED) is 0.458. The summed E-state index contributed by atoms with van der Waals surface area (Å²) in [6, 6.07) is 14.9. The van der Waals surface area contributed by atoms with Crippen LogP contribution in [0.5, 0.6) is 0 Å². The van der Waals surface area contributed by atoms with E-state index < -0.39 is 0 Å². The largest absolute Gasteiger partial charge is 0.326 e. The third kappa shape index (κ3) is 4.67. The highest BCUT2D eigenvalue weighted by Gasteiger charge is 2.13. The minimum atomic E-state index is -0.149. The van der Waals surface area contributed by atoms with Gasteiger partial charge in [0.1, 0.15) is 0 Å². The number of thiazole rings is 1. The van der Waals surface area contributed by atoms with E-state index in [1.165, 1.54) is 18.3 Å². The number of carbonyl (C=O) groups is 2. The Kier molecular flexibility index (Phi) is 5.78. The van der Waals surface area contributed by atoms with Gasteiger partial charge in [0.2, 0.25) is 22.7 Å². The molecule has 152 valence electrons. The number of hydrogen-bond acceptors (Lipinski definition) is 5. The molecule has 0 bridgehead atoms. The van der Waals surface area contributed by atoms with Gasteiger partial charge >= 0.3 is 0 Å². The van der Waals surface area contributed by atoms with Gasteiger partial charge in [0.15, 0.2) is 0 Å². The van der Waals surface area contributed by atoms with Crippen LogP contribution in [0.3, 0.4) is 0 Å². The molecule has 30 heavy (non-hydrogen) atoms. The van der Waals surface area contributed by atoms with Crippen molar-refractivity contribution in [3.63, 3.8) is 0 Å². The fourth-order valence-corrected chi connectivity index (χ4v) is 3.91. The number of anilines is 2. The first-order chi connectivity index (χ1) is 14.5. The van der Waals surface area contributed by atoms with Crippen LogP contribution in [-0.4, -0.2) is 26.4 Å². The number of hydrogen-bond donors (Lipinski definition) is 2. The summed E-state index contributed by atoms with van der Waals surface area (Å²) >= 11 is 7.32. The van der Waals surface area contributed by atoms with Crippen molar-refractivity contribution in [2.75, 3.05) is 10.6 Å². The third-order valence-corrected chi connectivity index (χ3v) is 5.46. The molecular formula is C21H18ClN5O2S. The summed E-state index contributed by atoms with van der Waals surface area (Å²) in [5.74, 6) is 0.0110. The number of carbonyl (C=O) groups excluding carboxylic acids is 2. The average molecular weight is 440 g/mol. The highest BCUT2D eigenvalue weighted by molar-refractivity contribution is 7.15. The molecule has 2 amide bonds. The summed E-state index contributed by atoms with van der Waals surface area (Å²) in [4.78, 5) is 28.5. The molecule has 0 fully saturated rings. The molecule has 2 aromatic heterocycles. The molecule has 0 aliphatic heterocycles. The van der Waals surface area contributed by atoms with E-state index in [1.807, 2.05) is 53.9 Å². The zero-order valence-electron chi connectivity index (χ0n) is 16.1. The van der Waals surface area contributed by atoms with E-state index in [1.54, 1.807) is 4.52 Å². The molecule has 0 saturated heterocycles. The van der Waals surface area contributed by atoms with E-state index in [-0.39, 0.29) is 17.8 Å². The smallest absolute Gasteiger partial charge is 0.250 e. The summed E-state index contributed by atoms with van der Waals surface area (Å²) in [7, 11) is 0. The van der Waals surface area contributed by atoms with E-state index in [0.29, 0.717) is 22.8 Å². The fraction of sp³-hybridized carbons (Fsp3) is 0.143. The van der Waals surface area contributed by atoms with E-state index in [4.69, 9.17) is 11.6 Å². The molecule has 0 saturated carbocycles. The zero-order valence-corrected chi connectivity index (χ0v) is 17.6. The molecule has 9 heteroatoms. The number of aromatic nitrogens is 3. The van der Waals surface area contributed by atoms with E-state index in [9.17, 15) is 9.59 Å². The molecular weight excluding hydrogens is 422 g/mol. The van der Waals surface area contributed by atoms with Gasteiger partial charge in [-0.3, -0.25) is 14.9 Å². The van der Waals surface area contributed by atoms with E-state index in [0.717, 1.165) is 22.5 Å². The normalized spacial score (nSPS) is 10.9. The summed E-state index contributed by atoms with van der Waals surface area (Å²) in [6.45, 7) is 1.47. The maximum absolute atomic E-state index is 12.3. The summed E-state index contributed by atoms with van der Waals surface area (Å²) in [5, 5.41) is 12.5. The Balaban J connectivity index is 1.44. The molecule has 0 aliphatic rings. The van der Waals surface area contributed by atoms with Crippen LogP contribution in [0.4, 0.5) is 11.6 Å². The van der Waals surface area contributed by atoms with Crippen LogP contribution in [-0.2, 0) is 16.0 Å². The van der Waals surface area contributed by atoms with Crippen LogP contribution in [0.25, 0.3) is 16.2 Å². The molecule has 2 N–H and O–H groups in total. The average Bonchev–Trinajstić information content (AvgIpc) is 3.28. The van der Waals surface area contributed by atoms with Crippen molar-refractivity contribution in [3.8, 4) is 11.3 Å². The second-order valence-corrected chi connectivity index (χ2v) is 7.96. The number of fused-ring (bicyclic) bond motifs is 1. The Hall–Kier alpha value is -3.23. The number of aryl methyl sites for hydroxylation is 1. The van der Waals surface area contributed by atoms with Crippen LogP contribution < -0.4 is 10.6 Å². The monoisotopic (exact) mass is 439 g/mol. The number of halogens is 1. The Bertz CT molecular complexity index is 1200. The second-order valence-electron chi connectivity index (χ2n) is 6.68. The van der Waals surface area contributed by atoms with Crippen LogP contribution in [0.2, 0.25) is 5.02 Å². The number of rotatable bonds is 6. The number of benzene rings is 2. The molecule has 4 rings (SSSR count). The predicted molar refractivity (Wildman–Crippen MR) is 119 cm³/mol. The highest BCUT2D eigenvalue weighted by atomic mass is 35.5. The van der Waals surface area contributed by atoms with Crippen LogP contribution in [0.1, 0.15) is 18.9 Å². The maximum Gasteiger partial charge on any atom is 0.250 e. The zero-order chi connectivity index (χ0) is 21.1. The van der Waals surface area contributed by atoms with Crippen molar-refractivity contribution in [3.05, 3.63) is 64.5 Å². The van der Waals surface area contributed by atoms with Gasteiger partial charge in [-0.15, -0.1) is 16.4 Å². The summed E-state index contributed by atoms with van der Waals surface area (Å²) in [6.07, 6.45) is 0.934. The van der Waals surface area contributed by atoms with E-state index >= 15 is 0 Å². The first-order valence-corrected chi connectivity index (χ1v) is 10.5. The van der Waals surface area contributed by atoms with Crippen molar-refractivity contribution in [1.82, 2.24) is 14.6 Å². The van der Waals surface area contributed by atoms with Crippen LogP contribution >= 0.6 is 22.9 Å². The lowest BCUT2D eigenvalue weighted by molar-refractivity contribution is -0.116. The molecule has 2 aromatic carbocycles. The van der Waals surface area contributed by atoms with Crippen molar-refractivity contribution in [2.45, 2.75) is 19.8 Å². The predicted octanol–water partition coefficient (Wildman–Crippen LogP) is 4.64. The Morgan fingerprint density at radius 3 is 2.50 bits per heavy atom. The van der Waals surface area contributed by atoms with Crippen molar-refractivity contribution in [1.29, 1.82) is 0 Å². The van der Waals surface area contributed by atoms with Gasteiger partial charge in [-0.25, -0.2) is 4.52 Å². The lowest BCUT2D eigenvalue weighted by atomic mass is 10.1. The number of nitrogens with zero attached hydrogens (tertiary/aromatic N) is 3. The molecule has 0 spiro atoms. The maximum atomic E-state index is 12.3. The van der Waals surface area contributed by atoms with Gasteiger partial charge in [0.25, 0.3) is 0 Å². The van der Waals surface area contributed by atoms with Crippen molar-refractivity contribution < 1.29 is 9.59 Å². The Morgan fingerprint density at radius 1 is 1.07 bits per heavy atom. The molecule has 0 aliphatic carbocycles. The van der Waals surface area contributed by atoms with Gasteiger partial charge in [0, 0.05) is 35.0 Å². The molecule has 0 radical (unpaired) electrons. The van der Waals surface area contributed by atoms with Gasteiger partial charge in [-0.1, -0.05) is 35.9 Å². The van der Waals surface area contributed by atoms with Crippen molar-refractivity contribution >= 4 is 51.3 Å². The molecule has 4 aromatic rings. The van der Waals surface area contributed by atoms with Crippen molar-refractivity contribution in [2.24, 2.45) is 0 Å². The highest BCUT2D eigenvalue weighted by Crippen LogP contribution is 2.27. The van der Waals surface area contributed by atoms with Crippen LogP contribution in [0.15, 0.2) is 53.9 Å². The summed E-state index contributed by atoms with van der Waals surface area (Å²) < 4.78 is 1.70. The minimum absolute atomic E-state index is 0.117. The minimum Gasteiger partial charge on any atom is -0.326 e. The van der Waals surface area contributed by atoms with Gasteiger partial charge in [0.05, 0.1) is 5.69 Å². The lowest BCUT2D eigenvalue weighted by Crippen LogP contribution is -2.13. The third-order valence-electron chi connectivity index (χ3n) is 4.39. The number of nitrogens with one attached hydrogen (secondary N) is 2. The van der Waals surface area contributed by atoms with Crippen LogP contribution in [0, 0.1) is 0 Å².